The predicted molar refractivity (Wildman–Crippen MR) is 106 cm³/mol. The van der Waals surface area contributed by atoms with Crippen molar-refractivity contribution in [3.63, 3.8) is 0 Å². The Kier molecular flexibility index (Phi) is 4.94. The molecule has 0 saturated carbocycles. The zero-order chi connectivity index (χ0) is 19.0. The van der Waals surface area contributed by atoms with Gasteiger partial charge in [0.25, 0.3) is 0 Å². The molecule has 0 aliphatic carbocycles. The Morgan fingerprint density at radius 3 is 2.81 bits per heavy atom. The Bertz CT molecular complexity index is 1090. The lowest BCUT2D eigenvalue weighted by molar-refractivity contribution is 0.174. The summed E-state index contributed by atoms with van der Waals surface area (Å²) in [7, 11) is -3.63. The highest BCUT2D eigenvalue weighted by Crippen LogP contribution is 2.35. The molecule has 0 spiro atoms. The van der Waals surface area contributed by atoms with Gasteiger partial charge in [0.05, 0.1) is 20.5 Å². The number of sulfonamides is 1. The number of hydrogen-bond donors (Lipinski definition) is 1. The van der Waals surface area contributed by atoms with Crippen molar-refractivity contribution in [1.82, 2.24) is 9.71 Å². The van der Waals surface area contributed by atoms with Crippen LogP contribution in [-0.2, 0) is 23.0 Å². The largest absolute Gasteiger partial charge is 0.454 e. The molecule has 0 fully saturated rings. The van der Waals surface area contributed by atoms with E-state index in [-0.39, 0.29) is 13.3 Å². The molecule has 4 rings (SSSR count). The molecule has 0 amide bonds. The highest BCUT2D eigenvalue weighted by atomic mass is 32.2. The van der Waals surface area contributed by atoms with Crippen molar-refractivity contribution in [3.8, 4) is 22.1 Å². The monoisotopic (exact) mass is 422 g/mol. The summed E-state index contributed by atoms with van der Waals surface area (Å²) in [5.74, 6) is 1.31. The highest BCUT2D eigenvalue weighted by Gasteiger charge is 2.22. The number of aromatic nitrogens is 1. The lowest BCUT2D eigenvalue weighted by Crippen LogP contribution is -2.23. The minimum absolute atomic E-state index is 0.181. The van der Waals surface area contributed by atoms with E-state index in [0.29, 0.717) is 16.4 Å². The number of aryl methyl sites for hydroxylation is 2. The van der Waals surface area contributed by atoms with E-state index in [9.17, 15) is 8.42 Å². The first-order chi connectivity index (χ1) is 13.0. The van der Waals surface area contributed by atoms with E-state index in [4.69, 9.17) is 9.47 Å². The normalized spacial score (nSPS) is 13.3. The Labute approximate surface area is 165 Å². The van der Waals surface area contributed by atoms with Crippen LogP contribution < -0.4 is 14.2 Å². The van der Waals surface area contributed by atoms with Crippen molar-refractivity contribution in [1.29, 1.82) is 0 Å². The fourth-order valence-electron chi connectivity index (χ4n) is 2.75. The molecular weight excluding hydrogens is 404 g/mol. The van der Waals surface area contributed by atoms with Gasteiger partial charge in [0.2, 0.25) is 16.8 Å². The maximum atomic E-state index is 12.8. The van der Waals surface area contributed by atoms with Gasteiger partial charge in [-0.25, -0.2) is 18.1 Å². The molecule has 142 valence electrons. The van der Waals surface area contributed by atoms with E-state index in [2.05, 4.69) is 16.6 Å². The minimum atomic E-state index is -3.63. The zero-order valence-corrected chi connectivity index (χ0v) is 17.3. The van der Waals surface area contributed by atoms with Crippen molar-refractivity contribution < 1.29 is 17.9 Å². The van der Waals surface area contributed by atoms with Gasteiger partial charge in [-0.15, -0.1) is 22.7 Å². The number of rotatable bonds is 6. The Morgan fingerprint density at radius 1 is 1.22 bits per heavy atom. The summed E-state index contributed by atoms with van der Waals surface area (Å²) >= 11 is 3.04. The summed E-state index contributed by atoms with van der Waals surface area (Å²) in [5, 5.41) is 3.02. The average Bonchev–Trinajstić information content (AvgIpc) is 3.38. The molecule has 1 N–H and O–H groups in total. The average molecular weight is 423 g/mol. The van der Waals surface area contributed by atoms with Crippen molar-refractivity contribution >= 4 is 32.7 Å². The summed E-state index contributed by atoms with van der Waals surface area (Å²) in [6, 6.07) is 7.10. The summed E-state index contributed by atoms with van der Waals surface area (Å²) in [6.07, 6.45) is 0.872. The third-order valence-corrected chi connectivity index (χ3v) is 7.89. The molecule has 3 aromatic rings. The second-order valence-electron chi connectivity index (χ2n) is 6.02. The lowest BCUT2D eigenvalue weighted by atomic mass is 10.2. The van der Waals surface area contributed by atoms with Crippen molar-refractivity contribution in [2.45, 2.75) is 31.7 Å². The van der Waals surface area contributed by atoms with Gasteiger partial charge in [-0.1, -0.05) is 13.0 Å². The second-order valence-corrected chi connectivity index (χ2v) is 9.96. The van der Waals surface area contributed by atoms with E-state index in [1.165, 1.54) is 11.3 Å². The molecule has 1 aliphatic heterocycles. The van der Waals surface area contributed by atoms with E-state index < -0.39 is 10.0 Å². The third-order valence-electron chi connectivity index (χ3n) is 4.17. The molecule has 0 unspecified atom stereocenters. The molecule has 1 aliphatic rings. The molecule has 27 heavy (non-hydrogen) atoms. The van der Waals surface area contributed by atoms with Gasteiger partial charge in [-0.2, -0.15) is 0 Å². The molecule has 9 heteroatoms. The number of thiophene rings is 1. The van der Waals surface area contributed by atoms with E-state index in [1.54, 1.807) is 29.5 Å². The number of ether oxygens (including phenoxy) is 2. The Hall–Kier alpha value is -1.94. The number of benzene rings is 1. The molecule has 0 radical (unpaired) electrons. The molecule has 0 bridgehead atoms. The fourth-order valence-corrected chi connectivity index (χ4v) is 6.14. The van der Waals surface area contributed by atoms with Crippen molar-refractivity contribution in [2.75, 3.05) is 6.79 Å². The summed E-state index contributed by atoms with van der Waals surface area (Å²) < 4.78 is 38.9. The summed E-state index contributed by atoms with van der Waals surface area (Å²) in [5.41, 5.74) is 1.64. The number of nitrogens with zero attached hydrogens (tertiary/aromatic N) is 1. The molecule has 3 heterocycles. The van der Waals surface area contributed by atoms with Crippen LogP contribution >= 0.6 is 22.7 Å². The molecule has 0 saturated heterocycles. The van der Waals surface area contributed by atoms with Crippen LogP contribution in [0.1, 0.15) is 22.4 Å². The van der Waals surface area contributed by atoms with Crippen LogP contribution in [0.15, 0.2) is 34.5 Å². The first-order valence-corrected chi connectivity index (χ1v) is 11.6. The summed E-state index contributed by atoms with van der Waals surface area (Å²) in [4.78, 5) is 6.46. The van der Waals surface area contributed by atoms with Gasteiger partial charge >= 0.3 is 0 Å². The maximum absolute atomic E-state index is 12.8. The standard InChI is InChI=1S/C18H18N2O4S3/c1-3-18-20-13(9-25-18)16-7-17(11(2)26-16)27(21,22)19-8-12-4-5-14-15(6-12)24-10-23-14/h4-7,9,19H,3,8,10H2,1-2H3. The van der Waals surface area contributed by atoms with Crippen molar-refractivity contribution in [2.24, 2.45) is 0 Å². The van der Waals surface area contributed by atoms with Gasteiger partial charge in [0.15, 0.2) is 11.5 Å². The van der Waals surface area contributed by atoms with Gasteiger partial charge in [0.1, 0.15) is 0 Å². The molecule has 2 aromatic heterocycles. The van der Waals surface area contributed by atoms with E-state index >= 15 is 0 Å². The fraction of sp³-hybridized carbons (Fsp3) is 0.278. The molecule has 0 atom stereocenters. The quantitative estimate of drug-likeness (QED) is 0.651. The van der Waals surface area contributed by atoms with Gasteiger partial charge in [-0.3, -0.25) is 0 Å². The Morgan fingerprint density at radius 2 is 2.04 bits per heavy atom. The molecule has 1 aromatic carbocycles. The Balaban J connectivity index is 1.53. The number of hydrogen-bond acceptors (Lipinski definition) is 7. The van der Waals surface area contributed by atoms with Crippen LogP contribution in [0.5, 0.6) is 11.5 Å². The predicted octanol–water partition coefficient (Wildman–Crippen LogP) is 3.95. The second kappa shape index (κ2) is 7.23. The maximum Gasteiger partial charge on any atom is 0.241 e. The van der Waals surface area contributed by atoms with Crippen LogP contribution in [0, 0.1) is 6.92 Å². The topological polar surface area (TPSA) is 77.5 Å². The van der Waals surface area contributed by atoms with Crippen LogP contribution in [0.25, 0.3) is 10.6 Å². The molecular formula is C18H18N2O4S3. The van der Waals surface area contributed by atoms with Crippen molar-refractivity contribution in [3.05, 3.63) is 45.1 Å². The van der Waals surface area contributed by atoms with E-state index in [0.717, 1.165) is 32.4 Å². The van der Waals surface area contributed by atoms with Crippen LogP contribution in [0.3, 0.4) is 0 Å². The first-order valence-electron chi connectivity index (χ1n) is 8.39. The zero-order valence-electron chi connectivity index (χ0n) is 14.8. The highest BCUT2D eigenvalue weighted by molar-refractivity contribution is 7.89. The first kappa shape index (κ1) is 18.4. The third kappa shape index (κ3) is 3.73. The lowest BCUT2D eigenvalue weighted by Gasteiger charge is -2.07. The van der Waals surface area contributed by atoms with Gasteiger partial charge in [-0.05, 0) is 37.1 Å². The van der Waals surface area contributed by atoms with E-state index in [1.807, 2.05) is 18.4 Å². The van der Waals surface area contributed by atoms with Gasteiger partial charge < -0.3 is 9.47 Å². The smallest absolute Gasteiger partial charge is 0.241 e. The summed E-state index contributed by atoms with van der Waals surface area (Å²) in [6.45, 7) is 4.24. The molecule has 6 nitrogen and oxygen atoms in total. The number of nitrogens with one attached hydrogen (secondary N) is 1. The van der Waals surface area contributed by atoms with Crippen LogP contribution in [0.4, 0.5) is 0 Å². The van der Waals surface area contributed by atoms with Crippen LogP contribution in [-0.4, -0.2) is 20.2 Å². The van der Waals surface area contributed by atoms with Gasteiger partial charge in [0, 0.05) is 16.8 Å². The minimum Gasteiger partial charge on any atom is -0.454 e. The SMILES string of the molecule is CCc1nc(-c2cc(S(=O)(=O)NCc3ccc4c(c3)OCO4)c(C)s2)cs1. The van der Waals surface area contributed by atoms with Crippen LogP contribution in [0.2, 0.25) is 0 Å². The number of thiazole rings is 1. The number of fused-ring (bicyclic) bond motifs is 1.